The van der Waals surface area contributed by atoms with Gasteiger partial charge in [-0.15, -0.1) is 12.3 Å². The van der Waals surface area contributed by atoms with Gasteiger partial charge in [0, 0.05) is 35.0 Å². The Morgan fingerprint density at radius 3 is 2.34 bits per heavy atom. The molecule has 0 aromatic heterocycles. The maximum Gasteiger partial charge on any atom is 0.331 e. The predicted octanol–water partition coefficient (Wildman–Crippen LogP) is 6.14. The molecule has 1 amide bonds. The average Bonchev–Trinajstić information content (AvgIpc) is 3.37. The van der Waals surface area contributed by atoms with Crippen LogP contribution >= 0.6 is 0 Å². The molecule has 3 aromatic rings. The third-order valence-corrected chi connectivity index (χ3v) is 6.68. The average molecular weight is 553 g/mol. The Kier molecular flexibility index (Phi) is 10.2. The quantitative estimate of drug-likeness (QED) is 0.186. The first-order valence-corrected chi connectivity index (χ1v) is 12.5. The zero-order chi connectivity index (χ0) is 26.3. The molecule has 7 heteroatoms. The molecule has 3 aromatic carbocycles. The summed E-state index contributed by atoms with van der Waals surface area (Å²) in [5.74, 6) is -1.24. The van der Waals surface area contributed by atoms with Crippen molar-refractivity contribution in [3.05, 3.63) is 120 Å². The van der Waals surface area contributed by atoms with Gasteiger partial charge in [0.1, 0.15) is 0 Å². The smallest absolute Gasteiger partial charge is 0.331 e. The van der Waals surface area contributed by atoms with Gasteiger partial charge in [0.05, 0.1) is 17.7 Å². The number of rotatable bonds is 10. The number of aliphatic imine (C=N–C) groups is 1. The first kappa shape index (κ1) is 29.0. The van der Waals surface area contributed by atoms with Crippen LogP contribution in [0.2, 0.25) is 0 Å². The molecule has 0 bridgehead atoms. The number of hydrogen-bond donors (Lipinski definition) is 1. The number of carboxylic acid groups (broad SMARTS) is 1. The first-order chi connectivity index (χ1) is 17.9. The number of carbonyl (C=O) groups excluding carboxylic acids is 1. The molecule has 0 saturated carbocycles. The van der Waals surface area contributed by atoms with Crippen LogP contribution in [-0.4, -0.2) is 45.7 Å². The maximum absolute atomic E-state index is 13.5. The van der Waals surface area contributed by atoms with Crippen LogP contribution in [-0.2, 0) is 32.6 Å². The van der Waals surface area contributed by atoms with Crippen molar-refractivity contribution < 1.29 is 31.2 Å². The van der Waals surface area contributed by atoms with Crippen molar-refractivity contribution in [2.75, 3.05) is 6.54 Å². The number of benzene rings is 3. The van der Waals surface area contributed by atoms with Gasteiger partial charge in [-0.25, -0.2) is 4.79 Å². The molecule has 0 unspecified atom stereocenters. The van der Waals surface area contributed by atoms with Crippen LogP contribution in [0.4, 0.5) is 5.69 Å². The third-order valence-electron chi connectivity index (χ3n) is 6.68. The summed E-state index contributed by atoms with van der Waals surface area (Å²) in [6, 6.07) is 26.5. The molecule has 0 spiro atoms. The van der Waals surface area contributed by atoms with Crippen LogP contribution in [0.25, 0.3) is 5.32 Å². The summed E-state index contributed by atoms with van der Waals surface area (Å²) in [7, 11) is 0. The number of amides is 1. The summed E-state index contributed by atoms with van der Waals surface area (Å²) in [4.78, 5) is 32.6. The van der Waals surface area contributed by atoms with E-state index in [-0.39, 0.29) is 34.9 Å². The number of para-hydroxylation sites is 1. The van der Waals surface area contributed by atoms with E-state index in [0.717, 1.165) is 30.5 Å². The second-order valence-electron chi connectivity index (χ2n) is 9.48. The largest absolute Gasteiger partial charge is 0.625 e. The molecule has 0 aliphatic carbocycles. The van der Waals surface area contributed by atoms with Gasteiger partial charge >= 0.3 is 5.97 Å². The van der Waals surface area contributed by atoms with E-state index in [4.69, 9.17) is 4.99 Å². The standard InChI is InChI=1S/C31H33N3O3.Ni/c1-3-20-31(2,30(36)37)33-28(24-15-8-5-9-16-24)25-17-10-11-18-26(25)32-29(35)27-19-12-21-34(27)22-23-13-6-4-7-14-23;/h3-11,13-18,27H,1,12,19-22H2,2H3,(H2,32,33,35,36,37);/p-1/t27-,31+;/m0./s1. The normalized spacial score (nSPS) is 17.2. The van der Waals surface area contributed by atoms with Gasteiger partial charge in [0.2, 0.25) is 0 Å². The number of carbonyl (C=O) groups is 2. The van der Waals surface area contributed by atoms with Crippen LogP contribution in [0.3, 0.4) is 0 Å². The first-order valence-electron chi connectivity index (χ1n) is 12.5. The van der Waals surface area contributed by atoms with Crippen molar-refractivity contribution in [1.82, 2.24) is 4.90 Å². The van der Waals surface area contributed by atoms with E-state index in [1.165, 1.54) is 0 Å². The molecular weight excluding hydrogens is 521 g/mol. The van der Waals surface area contributed by atoms with Crippen molar-refractivity contribution in [2.45, 2.75) is 44.3 Å². The molecule has 1 heterocycles. The molecule has 200 valence electrons. The molecular formula is C31H32N3NiO3-. The van der Waals surface area contributed by atoms with Crippen molar-refractivity contribution in [3.8, 4) is 0 Å². The summed E-state index contributed by atoms with van der Waals surface area (Å²) >= 11 is 0. The Bertz CT molecular complexity index is 1280. The minimum Gasteiger partial charge on any atom is -0.625 e. The molecule has 1 saturated heterocycles. The van der Waals surface area contributed by atoms with Crippen LogP contribution in [0.15, 0.2) is 103 Å². The molecule has 0 radical (unpaired) electrons. The fraction of sp³-hybridized carbons (Fsp3) is 0.258. The Morgan fingerprint density at radius 2 is 1.68 bits per heavy atom. The number of nitrogens with zero attached hydrogens (tertiary/aromatic N) is 3. The van der Waals surface area contributed by atoms with Crippen molar-refractivity contribution >= 4 is 23.3 Å². The summed E-state index contributed by atoms with van der Waals surface area (Å²) in [5.41, 5.74) is 2.07. The Morgan fingerprint density at radius 1 is 1.05 bits per heavy atom. The zero-order valence-electron chi connectivity index (χ0n) is 21.4. The fourth-order valence-corrected chi connectivity index (χ4v) is 4.66. The number of hydrogen-bond acceptors (Lipinski definition) is 4. The zero-order valence-corrected chi connectivity index (χ0v) is 22.4. The van der Waals surface area contributed by atoms with Crippen LogP contribution < -0.4 is 0 Å². The van der Waals surface area contributed by atoms with Gasteiger partial charge in [-0.05, 0) is 37.4 Å². The van der Waals surface area contributed by atoms with Gasteiger partial charge in [0.25, 0.3) is 0 Å². The van der Waals surface area contributed by atoms with E-state index >= 15 is 0 Å². The molecule has 6 nitrogen and oxygen atoms in total. The molecule has 2 atom stereocenters. The van der Waals surface area contributed by atoms with Crippen molar-refractivity contribution in [1.29, 1.82) is 0 Å². The summed E-state index contributed by atoms with van der Waals surface area (Å²) in [6.45, 7) is 6.84. The van der Waals surface area contributed by atoms with Crippen LogP contribution in [0.1, 0.15) is 42.9 Å². The summed E-state index contributed by atoms with van der Waals surface area (Å²) in [5, 5.41) is 14.5. The van der Waals surface area contributed by atoms with Gasteiger partial charge < -0.3 is 15.2 Å². The van der Waals surface area contributed by atoms with E-state index in [2.05, 4.69) is 28.9 Å². The molecule has 1 aliphatic rings. The van der Waals surface area contributed by atoms with Gasteiger partial charge in [-0.3, -0.25) is 9.89 Å². The molecule has 1 aliphatic heterocycles. The second-order valence-corrected chi connectivity index (χ2v) is 9.48. The molecule has 1 N–H and O–H groups in total. The van der Waals surface area contributed by atoms with Crippen molar-refractivity contribution in [3.63, 3.8) is 0 Å². The minimum absolute atomic E-state index is 0. The Hall–Kier alpha value is -3.54. The molecule has 4 rings (SSSR count). The third kappa shape index (κ3) is 6.86. The van der Waals surface area contributed by atoms with Gasteiger partial charge in [0.15, 0.2) is 5.54 Å². The number of carboxylic acids is 1. The van der Waals surface area contributed by atoms with E-state index in [9.17, 15) is 14.7 Å². The number of aliphatic carboxylic acids is 1. The van der Waals surface area contributed by atoms with Crippen LogP contribution in [0, 0.1) is 0 Å². The predicted molar refractivity (Wildman–Crippen MR) is 147 cm³/mol. The second kappa shape index (κ2) is 13.3. The van der Waals surface area contributed by atoms with Crippen LogP contribution in [0.5, 0.6) is 0 Å². The fourth-order valence-electron chi connectivity index (χ4n) is 4.66. The number of likely N-dealkylation sites (tertiary alicyclic amines) is 1. The summed E-state index contributed by atoms with van der Waals surface area (Å²) < 4.78 is 0. The topological polar surface area (TPSA) is 84.1 Å². The van der Waals surface area contributed by atoms with Gasteiger partial charge in [-0.1, -0.05) is 91.0 Å². The SMILES string of the molecule is C=CC[C@@](C)(N=C(c1ccccc1)c1ccccc1[N-]C(=O)[C@@H]1CCCN1Cc1ccccc1)C(=O)O.[Ni]. The Balaban J connectivity index is 0.00000400. The Labute approximate surface area is 234 Å². The van der Waals surface area contributed by atoms with E-state index in [0.29, 0.717) is 23.5 Å². The van der Waals surface area contributed by atoms with E-state index in [1.807, 2.05) is 66.7 Å². The van der Waals surface area contributed by atoms with Gasteiger partial charge in [-0.2, -0.15) is 0 Å². The monoisotopic (exact) mass is 552 g/mol. The minimum atomic E-state index is -1.41. The molecule has 38 heavy (non-hydrogen) atoms. The molecule has 1 fully saturated rings. The van der Waals surface area contributed by atoms with Crippen molar-refractivity contribution in [2.24, 2.45) is 4.99 Å². The van der Waals surface area contributed by atoms with E-state index in [1.54, 1.807) is 19.1 Å². The summed E-state index contributed by atoms with van der Waals surface area (Å²) in [6.07, 6.45) is 3.41. The van der Waals surface area contributed by atoms with E-state index < -0.39 is 11.5 Å². The maximum atomic E-state index is 13.5.